The van der Waals surface area contributed by atoms with Crippen molar-refractivity contribution in [2.75, 3.05) is 48.8 Å². The molecule has 6 rings (SSSR count). The van der Waals surface area contributed by atoms with E-state index in [2.05, 4.69) is 10.3 Å². The van der Waals surface area contributed by atoms with E-state index in [1.807, 2.05) is 54.1 Å². The topological polar surface area (TPSA) is 106 Å². The molecule has 1 aromatic heterocycles. The second-order valence-corrected chi connectivity index (χ2v) is 9.96. The highest BCUT2D eigenvalue weighted by atomic mass is 16.7. The van der Waals surface area contributed by atoms with Crippen LogP contribution in [-0.2, 0) is 16.1 Å². The van der Waals surface area contributed by atoms with E-state index in [0.29, 0.717) is 35.3 Å². The number of nitrogens with zero attached hydrogens (tertiary/aromatic N) is 4. The van der Waals surface area contributed by atoms with Crippen molar-refractivity contribution in [1.82, 2.24) is 19.9 Å². The first-order valence-corrected chi connectivity index (χ1v) is 12.4. The highest BCUT2D eigenvalue weighted by Crippen LogP contribution is 2.56. The monoisotopic (exact) mass is 522 g/mol. The van der Waals surface area contributed by atoms with Crippen molar-refractivity contribution in [2.24, 2.45) is 11.8 Å². The van der Waals surface area contributed by atoms with Gasteiger partial charge in [-0.3, -0.25) is 4.79 Å². The number of carbonyl (C=O) groups excluding carboxylic acids is 1. The van der Waals surface area contributed by atoms with Crippen molar-refractivity contribution < 1.29 is 33.2 Å². The average Bonchev–Trinajstić information content (AvgIpc) is 3.65. The van der Waals surface area contributed by atoms with E-state index < -0.39 is 5.92 Å². The van der Waals surface area contributed by atoms with Crippen LogP contribution < -0.4 is 23.7 Å². The quantitative estimate of drug-likeness (QED) is 0.430. The van der Waals surface area contributed by atoms with Crippen molar-refractivity contribution in [3.8, 4) is 28.7 Å². The van der Waals surface area contributed by atoms with Crippen LogP contribution in [0.5, 0.6) is 28.7 Å². The van der Waals surface area contributed by atoms with E-state index in [-0.39, 0.29) is 37.2 Å². The third kappa shape index (κ3) is 3.80. The molecule has 0 amide bonds. The number of aromatic nitrogens is 3. The number of esters is 1. The summed E-state index contributed by atoms with van der Waals surface area (Å²) in [5.74, 6) is 1.54. The Morgan fingerprint density at radius 1 is 0.974 bits per heavy atom. The number of methoxy groups -OCH3 is 3. The van der Waals surface area contributed by atoms with Gasteiger partial charge in [-0.1, -0.05) is 5.21 Å². The fraction of sp³-hybridized carbons (Fsp3) is 0.444. The molecule has 2 aromatic carbocycles. The third-order valence-corrected chi connectivity index (χ3v) is 7.52. The zero-order valence-electron chi connectivity index (χ0n) is 22.0. The Kier molecular flexibility index (Phi) is 6.02. The molecule has 2 aliphatic heterocycles. The normalized spacial score (nSPS) is 23.2. The van der Waals surface area contributed by atoms with E-state index in [1.54, 1.807) is 21.3 Å². The van der Waals surface area contributed by atoms with Crippen LogP contribution in [0.15, 0.2) is 30.5 Å². The standard InChI is InChI=1S/C27H30N4O7/c1-30(2)10-15-11-31(29-28-15)25-17-9-20-19(37-13-38-20)8-16(17)23(24-18(25)12-36-27(24)32)14-6-21(33-3)26(35-5)22(7-14)34-4/h6-9,11,18,23-25H,10,12-13H2,1-5H3/t18-,23+,24-,25+/m0/s1. The number of hydrogen-bond acceptors (Lipinski definition) is 10. The molecule has 1 fully saturated rings. The Bertz CT molecular complexity index is 1360. The van der Waals surface area contributed by atoms with Crippen molar-refractivity contribution in [3.05, 3.63) is 52.8 Å². The van der Waals surface area contributed by atoms with Crippen molar-refractivity contribution in [3.63, 3.8) is 0 Å². The van der Waals surface area contributed by atoms with Gasteiger partial charge in [0, 0.05) is 18.4 Å². The molecular formula is C27H30N4O7. The molecule has 1 saturated heterocycles. The lowest BCUT2D eigenvalue weighted by molar-refractivity contribution is -0.141. The van der Waals surface area contributed by atoms with E-state index in [4.69, 9.17) is 28.4 Å². The SMILES string of the molecule is COc1cc([C@@H]2c3cc4c(cc3[C@@H](n3cc(CN(C)C)nn3)[C@H]3COC(=O)[C@H]23)OCO4)cc(OC)c1OC. The van der Waals surface area contributed by atoms with Crippen LogP contribution in [0.25, 0.3) is 0 Å². The summed E-state index contributed by atoms with van der Waals surface area (Å²) in [6, 6.07) is 7.48. The van der Waals surface area contributed by atoms with Crippen molar-refractivity contribution >= 4 is 5.97 Å². The molecule has 200 valence electrons. The predicted octanol–water partition coefficient (Wildman–Crippen LogP) is 2.62. The summed E-state index contributed by atoms with van der Waals surface area (Å²) in [5.41, 5.74) is 3.59. The molecule has 3 aliphatic rings. The van der Waals surface area contributed by atoms with Gasteiger partial charge in [-0.25, -0.2) is 4.68 Å². The molecule has 0 bridgehead atoms. The third-order valence-electron chi connectivity index (χ3n) is 7.52. The van der Waals surface area contributed by atoms with E-state index in [9.17, 15) is 4.79 Å². The maximum atomic E-state index is 13.4. The Morgan fingerprint density at radius 2 is 1.66 bits per heavy atom. The van der Waals surface area contributed by atoms with Crippen LogP contribution in [0.4, 0.5) is 0 Å². The minimum Gasteiger partial charge on any atom is -0.493 e. The van der Waals surface area contributed by atoms with Crippen LogP contribution >= 0.6 is 0 Å². The summed E-state index contributed by atoms with van der Waals surface area (Å²) in [7, 11) is 8.68. The highest BCUT2D eigenvalue weighted by Gasteiger charge is 2.53. The van der Waals surface area contributed by atoms with Gasteiger partial charge in [-0.2, -0.15) is 0 Å². The molecule has 4 atom stereocenters. The minimum absolute atomic E-state index is 0.142. The minimum atomic E-state index is -0.475. The largest absolute Gasteiger partial charge is 0.493 e. The molecule has 0 spiro atoms. The van der Waals surface area contributed by atoms with E-state index in [1.165, 1.54) is 0 Å². The predicted molar refractivity (Wildman–Crippen MR) is 134 cm³/mol. The molecule has 38 heavy (non-hydrogen) atoms. The summed E-state index contributed by atoms with van der Waals surface area (Å²) < 4.78 is 35.9. The van der Waals surface area contributed by atoms with Gasteiger partial charge in [0.2, 0.25) is 12.5 Å². The molecule has 1 aliphatic carbocycles. The second kappa shape index (κ2) is 9.39. The number of cyclic esters (lactones) is 1. The van der Waals surface area contributed by atoms with Gasteiger partial charge in [0.05, 0.1) is 51.8 Å². The number of rotatable bonds is 7. The lowest BCUT2D eigenvalue weighted by atomic mass is 9.65. The number of carbonyl (C=O) groups is 1. The van der Waals surface area contributed by atoms with Crippen molar-refractivity contribution in [2.45, 2.75) is 18.5 Å². The smallest absolute Gasteiger partial charge is 0.310 e. The summed E-state index contributed by atoms with van der Waals surface area (Å²) >= 11 is 0. The maximum absolute atomic E-state index is 13.4. The molecule has 0 radical (unpaired) electrons. The molecule has 11 heteroatoms. The summed E-state index contributed by atoms with van der Waals surface area (Å²) in [6.07, 6.45) is 1.94. The Hall–Kier alpha value is -3.99. The van der Waals surface area contributed by atoms with Gasteiger partial charge in [-0.05, 0) is 55.1 Å². The number of ether oxygens (including phenoxy) is 6. The average molecular weight is 523 g/mol. The molecule has 3 heterocycles. The molecule has 11 nitrogen and oxygen atoms in total. The maximum Gasteiger partial charge on any atom is 0.310 e. The fourth-order valence-corrected chi connectivity index (χ4v) is 6.00. The molecular weight excluding hydrogens is 492 g/mol. The molecule has 3 aromatic rings. The van der Waals surface area contributed by atoms with Crippen molar-refractivity contribution in [1.29, 1.82) is 0 Å². The summed E-state index contributed by atoms with van der Waals surface area (Å²) in [5, 5.41) is 8.89. The molecule has 0 N–H and O–H groups in total. The van der Waals surface area contributed by atoms with Gasteiger partial charge < -0.3 is 33.3 Å². The van der Waals surface area contributed by atoms with E-state index in [0.717, 1.165) is 22.4 Å². The Labute approximate surface area is 220 Å². The second-order valence-electron chi connectivity index (χ2n) is 9.96. The molecule has 0 unspecified atom stereocenters. The Morgan fingerprint density at radius 3 is 2.29 bits per heavy atom. The zero-order valence-corrected chi connectivity index (χ0v) is 22.0. The van der Waals surface area contributed by atoms with Crippen LogP contribution in [0, 0.1) is 11.8 Å². The number of fused-ring (bicyclic) bond motifs is 3. The van der Waals surface area contributed by atoms with Crippen LogP contribution in [0.1, 0.15) is 34.3 Å². The van der Waals surface area contributed by atoms with Crippen LogP contribution in [0.3, 0.4) is 0 Å². The Balaban J connectivity index is 1.56. The first-order chi connectivity index (χ1) is 18.4. The zero-order chi connectivity index (χ0) is 26.6. The summed E-state index contributed by atoms with van der Waals surface area (Å²) in [4.78, 5) is 15.4. The number of benzene rings is 2. The van der Waals surface area contributed by atoms with Crippen LogP contribution in [-0.4, -0.2) is 74.7 Å². The van der Waals surface area contributed by atoms with Crippen LogP contribution in [0.2, 0.25) is 0 Å². The van der Waals surface area contributed by atoms with E-state index >= 15 is 0 Å². The van der Waals surface area contributed by atoms with Gasteiger partial charge in [-0.15, -0.1) is 5.10 Å². The van der Waals surface area contributed by atoms with Gasteiger partial charge >= 0.3 is 5.97 Å². The first kappa shape index (κ1) is 24.4. The lowest BCUT2D eigenvalue weighted by Gasteiger charge is -2.39. The molecule has 0 saturated carbocycles. The first-order valence-electron chi connectivity index (χ1n) is 12.4. The highest BCUT2D eigenvalue weighted by molar-refractivity contribution is 5.79. The fourth-order valence-electron chi connectivity index (χ4n) is 6.00. The number of hydrogen-bond donors (Lipinski definition) is 0. The van der Waals surface area contributed by atoms with Gasteiger partial charge in [0.1, 0.15) is 0 Å². The summed E-state index contributed by atoms with van der Waals surface area (Å²) in [6.45, 7) is 1.06. The van der Waals surface area contributed by atoms with Gasteiger partial charge in [0.15, 0.2) is 23.0 Å². The van der Waals surface area contributed by atoms with Gasteiger partial charge in [0.25, 0.3) is 0 Å². The lowest BCUT2D eigenvalue weighted by Crippen LogP contribution is -2.37.